The van der Waals surface area contributed by atoms with Crippen LogP contribution >= 0.6 is 11.3 Å². The molecule has 1 spiro atoms. The lowest BCUT2D eigenvalue weighted by Gasteiger charge is -2.56. The van der Waals surface area contributed by atoms with Gasteiger partial charge in [0, 0.05) is 35.9 Å². The largest absolute Gasteiger partial charge is 0.495 e. The zero-order valence-corrected chi connectivity index (χ0v) is 20.8. The predicted molar refractivity (Wildman–Crippen MR) is 138 cm³/mol. The Hall–Kier alpha value is -3.65. The van der Waals surface area contributed by atoms with Crippen molar-refractivity contribution < 1.29 is 19.4 Å². The number of amides is 1. The average Bonchev–Trinajstić information content (AvgIpc) is 3.43. The van der Waals surface area contributed by atoms with E-state index in [9.17, 15) is 9.59 Å². The number of carbonyl (C=O) groups is 2. The van der Waals surface area contributed by atoms with Crippen molar-refractivity contribution in [2.75, 3.05) is 7.11 Å². The van der Waals surface area contributed by atoms with E-state index < -0.39 is 5.97 Å². The summed E-state index contributed by atoms with van der Waals surface area (Å²) >= 11 is 1.58. The van der Waals surface area contributed by atoms with Gasteiger partial charge in [0.1, 0.15) is 5.75 Å². The van der Waals surface area contributed by atoms with Gasteiger partial charge < -0.3 is 19.7 Å². The van der Waals surface area contributed by atoms with Crippen LogP contribution < -0.4 is 10.1 Å². The molecule has 0 radical (unpaired) electrons. The molecule has 2 fully saturated rings. The van der Waals surface area contributed by atoms with Crippen LogP contribution in [0, 0.1) is 11.3 Å². The molecular weight excluding hydrogens is 474 g/mol. The van der Waals surface area contributed by atoms with Gasteiger partial charge in [-0.1, -0.05) is 24.3 Å². The van der Waals surface area contributed by atoms with Crippen LogP contribution in [0.15, 0.2) is 60.4 Å². The third kappa shape index (κ3) is 4.05. The topological polar surface area (TPSA) is 93.5 Å². The first-order valence-electron chi connectivity index (χ1n) is 12.1. The van der Waals surface area contributed by atoms with Crippen molar-refractivity contribution in [1.29, 1.82) is 0 Å². The number of hydrogen-bond acceptors (Lipinski definition) is 5. The van der Waals surface area contributed by atoms with E-state index in [0.29, 0.717) is 12.1 Å². The maximum atomic E-state index is 13.1. The maximum Gasteiger partial charge on any atom is 0.306 e. The number of hydrogen-bond donors (Lipinski definition) is 2. The van der Waals surface area contributed by atoms with E-state index in [2.05, 4.69) is 45.2 Å². The zero-order chi connectivity index (χ0) is 24.9. The normalized spacial score (nSPS) is 22.7. The van der Waals surface area contributed by atoms with Crippen molar-refractivity contribution in [1.82, 2.24) is 14.9 Å². The number of methoxy groups -OCH3 is 1. The summed E-state index contributed by atoms with van der Waals surface area (Å²) in [6, 6.07) is 12.5. The number of nitrogens with one attached hydrogen (secondary N) is 1. The number of fused-ring (bicyclic) bond motifs is 1. The first-order chi connectivity index (χ1) is 17.4. The highest BCUT2D eigenvalue weighted by atomic mass is 32.1. The SMILES string of the molecule is COc1cncc(-c2ccc(Cn3ccc4scc(C(=O)NC5CC6(C5)CC(C(=O)O)C6)c43)cc2)c1. The molecule has 1 amide bonds. The molecule has 0 saturated heterocycles. The van der Waals surface area contributed by atoms with Crippen LogP contribution in [0.1, 0.15) is 41.6 Å². The third-order valence-electron chi connectivity index (χ3n) is 7.72. The van der Waals surface area contributed by atoms with Crippen molar-refractivity contribution in [2.45, 2.75) is 38.3 Å². The predicted octanol–water partition coefficient (Wildman–Crippen LogP) is 5.19. The van der Waals surface area contributed by atoms with E-state index in [-0.39, 0.29) is 23.3 Å². The van der Waals surface area contributed by atoms with Crippen molar-refractivity contribution in [3.8, 4) is 16.9 Å². The van der Waals surface area contributed by atoms with Crippen LogP contribution in [0.3, 0.4) is 0 Å². The number of nitrogens with zero attached hydrogens (tertiary/aromatic N) is 2. The van der Waals surface area contributed by atoms with Crippen molar-refractivity contribution in [3.05, 3.63) is 71.5 Å². The smallest absolute Gasteiger partial charge is 0.306 e. The van der Waals surface area contributed by atoms with Gasteiger partial charge in [0.15, 0.2) is 0 Å². The van der Waals surface area contributed by atoms with Crippen molar-refractivity contribution in [3.63, 3.8) is 0 Å². The minimum atomic E-state index is -0.693. The van der Waals surface area contributed by atoms with Crippen LogP contribution in [0.25, 0.3) is 21.3 Å². The Bertz CT molecular complexity index is 1440. The Labute approximate surface area is 212 Å². The fourth-order valence-electron chi connectivity index (χ4n) is 5.84. The number of pyridine rings is 1. The molecule has 3 heterocycles. The molecule has 0 unspecified atom stereocenters. The number of carboxylic acid groups (broad SMARTS) is 1. The number of rotatable bonds is 7. The summed E-state index contributed by atoms with van der Waals surface area (Å²) in [6.07, 6.45) is 8.80. The van der Waals surface area contributed by atoms with Crippen molar-refractivity contribution >= 4 is 33.4 Å². The molecule has 8 heteroatoms. The van der Waals surface area contributed by atoms with E-state index in [0.717, 1.165) is 58.3 Å². The fraction of sp³-hybridized carbons (Fsp3) is 0.321. The number of carboxylic acids is 1. The zero-order valence-electron chi connectivity index (χ0n) is 19.9. The highest BCUT2D eigenvalue weighted by Crippen LogP contribution is 2.58. The summed E-state index contributed by atoms with van der Waals surface area (Å²) in [5.41, 5.74) is 5.01. The van der Waals surface area contributed by atoms with Crippen LogP contribution in [0.4, 0.5) is 0 Å². The third-order valence-corrected chi connectivity index (χ3v) is 8.66. The van der Waals surface area contributed by atoms with Gasteiger partial charge >= 0.3 is 5.97 Å². The van der Waals surface area contributed by atoms with Gasteiger partial charge in [-0.25, -0.2) is 0 Å². The molecule has 2 N–H and O–H groups in total. The van der Waals surface area contributed by atoms with Gasteiger partial charge in [-0.15, -0.1) is 11.3 Å². The van der Waals surface area contributed by atoms with E-state index in [1.165, 1.54) is 0 Å². The number of ether oxygens (including phenoxy) is 1. The van der Waals surface area contributed by atoms with Crippen molar-refractivity contribution in [2.24, 2.45) is 11.3 Å². The maximum absolute atomic E-state index is 13.1. The molecule has 184 valence electrons. The number of aliphatic carboxylic acids is 1. The van der Waals surface area contributed by atoms with E-state index in [1.807, 2.05) is 23.8 Å². The van der Waals surface area contributed by atoms with Crippen LogP contribution in [0.5, 0.6) is 5.75 Å². The number of benzene rings is 1. The lowest BCUT2D eigenvalue weighted by molar-refractivity contribution is -0.155. The molecule has 2 aliphatic rings. The van der Waals surface area contributed by atoms with Crippen LogP contribution in [-0.4, -0.2) is 39.7 Å². The molecule has 2 saturated carbocycles. The van der Waals surface area contributed by atoms with E-state index >= 15 is 0 Å². The molecule has 0 bridgehead atoms. The van der Waals surface area contributed by atoms with E-state index in [1.54, 1.807) is 24.6 Å². The summed E-state index contributed by atoms with van der Waals surface area (Å²) in [5, 5.41) is 14.3. The first kappa shape index (κ1) is 22.8. The second kappa shape index (κ2) is 8.78. The summed E-state index contributed by atoms with van der Waals surface area (Å²) in [5.74, 6) is -0.219. The summed E-state index contributed by atoms with van der Waals surface area (Å²) in [6.45, 7) is 0.667. The minimum Gasteiger partial charge on any atom is -0.495 e. The molecule has 6 rings (SSSR count). The molecule has 0 aliphatic heterocycles. The van der Waals surface area contributed by atoms with Gasteiger partial charge in [-0.3, -0.25) is 14.6 Å². The molecular formula is C28H27N3O4S. The molecule has 7 nitrogen and oxygen atoms in total. The lowest BCUT2D eigenvalue weighted by Crippen LogP contribution is -2.57. The Balaban J connectivity index is 1.13. The summed E-state index contributed by atoms with van der Waals surface area (Å²) < 4.78 is 8.51. The fourth-order valence-corrected chi connectivity index (χ4v) is 6.78. The van der Waals surface area contributed by atoms with Crippen LogP contribution in [0.2, 0.25) is 0 Å². The van der Waals surface area contributed by atoms with Gasteiger partial charge in [0.05, 0.1) is 35.0 Å². The summed E-state index contributed by atoms with van der Waals surface area (Å²) in [7, 11) is 1.63. The number of thiophene rings is 1. The highest BCUT2D eigenvalue weighted by Gasteiger charge is 2.55. The molecule has 1 aromatic carbocycles. The molecule has 4 aromatic rings. The van der Waals surface area contributed by atoms with Gasteiger partial charge in [-0.2, -0.15) is 0 Å². The monoisotopic (exact) mass is 501 g/mol. The second-order valence-corrected chi connectivity index (χ2v) is 11.0. The first-order valence-corrected chi connectivity index (χ1v) is 13.0. The van der Waals surface area contributed by atoms with E-state index in [4.69, 9.17) is 9.84 Å². The molecule has 0 atom stereocenters. The molecule has 2 aliphatic carbocycles. The molecule has 3 aromatic heterocycles. The number of aromatic nitrogens is 2. The number of carbonyl (C=O) groups excluding carboxylic acids is 1. The second-order valence-electron chi connectivity index (χ2n) is 10.1. The minimum absolute atomic E-state index is 0.0453. The van der Waals surface area contributed by atoms with Gasteiger partial charge in [0.2, 0.25) is 0 Å². The quantitative estimate of drug-likeness (QED) is 0.363. The Kier molecular flexibility index (Phi) is 5.56. The molecule has 36 heavy (non-hydrogen) atoms. The lowest BCUT2D eigenvalue weighted by atomic mass is 9.50. The van der Waals surface area contributed by atoms with Gasteiger partial charge in [-0.05, 0) is 54.4 Å². The highest BCUT2D eigenvalue weighted by molar-refractivity contribution is 7.17. The Morgan fingerprint density at radius 2 is 1.92 bits per heavy atom. The average molecular weight is 502 g/mol. The van der Waals surface area contributed by atoms with Gasteiger partial charge in [0.25, 0.3) is 5.91 Å². The summed E-state index contributed by atoms with van der Waals surface area (Å²) in [4.78, 5) is 28.5. The van der Waals surface area contributed by atoms with Crippen LogP contribution in [-0.2, 0) is 11.3 Å². The Morgan fingerprint density at radius 3 is 2.64 bits per heavy atom. The standard InChI is InChI=1S/C28H27N3O4S/c1-35-22-8-19(13-29-14-22)18-4-2-17(3-5-18)15-31-7-6-24-25(31)23(16-36-24)26(32)30-21-11-28(12-21)9-20(10-28)27(33)34/h2-8,13-14,16,20-21H,9-12,15H2,1H3,(H,30,32)(H,33,34). The Morgan fingerprint density at radius 1 is 1.14 bits per heavy atom.